The van der Waals surface area contributed by atoms with Crippen LogP contribution in [0.3, 0.4) is 0 Å². The summed E-state index contributed by atoms with van der Waals surface area (Å²) in [4.78, 5) is 27.4. The Morgan fingerprint density at radius 3 is 2.93 bits per heavy atom. The number of nitrogens with zero attached hydrogens (tertiary/aromatic N) is 5. The summed E-state index contributed by atoms with van der Waals surface area (Å²) in [6.45, 7) is 2.66. The minimum absolute atomic E-state index is 0.00971. The number of aromatic nitrogens is 4. The van der Waals surface area contributed by atoms with Gasteiger partial charge in [-0.2, -0.15) is 0 Å². The maximum atomic E-state index is 12.5. The Bertz CT molecular complexity index is 1200. The van der Waals surface area contributed by atoms with Gasteiger partial charge in [0.1, 0.15) is 5.52 Å². The Balaban J connectivity index is 1.54. The van der Waals surface area contributed by atoms with Gasteiger partial charge in [0.25, 0.3) is 11.6 Å². The Hall–Kier alpha value is -3.66. The van der Waals surface area contributed by atoms with E-state index in [1.807, 2.05) is 13.0 Å². The number of fused-ring (bicyclic) bond motifs is 1. The molecule has 4 rings (SSSR count). The number of hydrogen-bond acceptors (Lipinski definition) is 7. The van der Waals surface area contributed by atoms with Crippen molar-refractivity contribution in [1.82, 2.24) is 20.0 Å². The molecule has 0 saturated carbocycles. The topological polar surface area (TPSA) is 116 Å². The molecule has 0 radical (unpaired) electrons. The van der Waals surface area contributed by atoms with Crippen molar-refractivity contribution in [2.45, 2.75) is 13.5 Å². The number of thiazole rings is 1. The van der Waals surface area contributed by atoms with Crippen LogP contribution in [0.2, 0.25) is 0 Å². The van der Waals surface area contributed by atoms with Crippen LogP contribution in [0.5, 0.6) is 0 Å². The molecule has 0 saturated heterocycles. The van der Waals surface area contributed by atoms with E-state index < -0.39 is 4.92 Å². The number of anilines is 1. The van der Waals surface area contributed by atoms with Crippen molar-refractivity contribution in [3.63, 3.8) is 0 Å². The van der Waals surface area contributed by atoms with Gasteiger partial charge in [-0.15, -0.1) is 16.4 Å². The van der Waals surface area contributed by atoms with E-state index in [4.69, 9.17) is 0 Å². The summed E-state index contributed by atoms with van der Waals surface area (Å²) in [5.74, 6) is -0.312. The van der Waals surface area contributed by atoms with Gasteiger partial charge in [0.05, 0.1) is 16.1 Å². The van der Waals surface area contributed by atoms with E-state index in [2.05, 4.69) is 20.6 Å². The first kappa shape index (κ1) is 17.7. The van der Waals surface area contributed by atoms with Crippen LogP contribution in [0.1, 0.15) is 17.3 Å². The number of nitro benzene ring substituents is 1. The molecule has 0 spiro atoms. The van der Waals surface area contributed by atoms with Crippen LogP contribution in [-0.4, -0.2) is 30.8 Å². The summed E-state index contributed by atoms with van der Waals surface area (Å²) in [5, 5.41) is 23.9. The number of benzene rings is 2. The molecule has 2 heterocycles. The lowest BCUT2D eigenvalue weighted by Crippen LogP contribution is -2.11. The first-order chi connectivity index (χ1) is 13.5. The Kier molecular flexibility index (Phi) is 4.53. The van der Waals surface area contributed by atoms with E-state index in [1.54, 1.807) is 34.3 Å². The molecule has 4 aromatic rings. The highest BCUT2D eigenvalue weighted by Crippen LogP contribution is 2.27. The highest BCUT2D eigenvalue weighted by molar-refractivity contribution is 7.14. The highest BCUT2D eigenvalue weighted by atomic mass is 32.1. The minimum Gasteiger partial charge on any atom is -0.298 e. The van der Waals surface area contributed by atoms with Gasteiger partial charge in [-0.1, -0.05) is 17.3 Å². The van der Waals surface area contributed by atoms with Gasteiger partial charge >= 0.3 is 0 Å². The Morgan fingerprint density at radius 1 is 1.29 bits per heavy atom. The number of hydrogen-bond donors (Lipinski definition) is 1. The van der Waals surface area contributed by atoms with Crippen LogP contribution in [0.15, 0.2) is 47.8 Å². The Labute approximate surface area is 162 Å². The summed E-state index contributed by atoms with van der Waals surface area (Å²) >= 11 is 1.25. The molecule has 1 amide bonds. The summed E-state index contributed by atoms with van der Waals surface area (Å²) in [6, 6.07) is 11.4. The van der Waals surface area contributed by atoms with Crippen LogP contribution in [-0.2, 0) is 6.54 Å². The molecule has 0 fully saturated rings. The fourth-order valence-electron chi connectivity index (χ4n) is 2.76. The summed E-state index contributed by atoms with van der Waals surface area (Å²) in [6.07, 6.45) is 0. The molecule has 2 aromatic carbocycles. The molecule has 1 N–H and O–H groups in total. The number of amides is 1. The van der Waals surface area contributed by atoms with E-state index in [1.165, 1.54) is 23.5 Å². The molecule has 9 nitrogen and oxygen atoms in total. The largest absolute Gasteiger partial charge is 0.298 e. The number of aryl methyl sites for hydroxylation is 1. The first-order valence-electron chi connectivity index (χ1n) is 8.40. The summed E-state index contributed by atoms with van der Waals surface area (Å²) in [7, 11) is 0. The van der Waals surface area contributed by atoms with Gasteiger partial charge in [-0.3, -0.25) is 20.2 Å². The van der Waals surface area contributed by atoms with E-state index >= 15 is 0 Å². The maximum Gasteiger partial charge on any atom is 0.270 e. The highest BCUT2D eigenvalue weighted by Gasteiger charge is 2.14. The van der Waals surface area contributed by atoms with Gasteiger partial charge < -0.3 is 0 Å². The van der Waals surface area contributed by atoms with Gasteiger partial charge in [0.2, 0.25) is 0 Å². The molecule has 10 heteroatoms. The second-order valence-corrected chi connectivity index (χ2v) is 6.77. The van der Waals surface area contributed by atoms with E-state index in [0.29, 0.717) is 34.0 Å². The predicted octanol–water partition coefficient (Wildman–Crippen LogP) is 3.74. The molecule has 0 atom stereocenters. The molecule has 2 aromatic heterocycles. The van der Waals surface area contributed by atoms with Crippen molar-refractivity contribution in [1.29, 1.82) is 0 Å². The van der Waals surface area contributed by atoms with Crippen molar-refractivity contribution in [3.05, 3.63) is 63.5 Å². The monoisotopic (exact) mass is 394 g/mol. The fraction of sp³-hybridized carbons (Fsp3) is 0.111. The van der Waals surface area contributed by atoms with Crippen LogP contribution < -0.4 is 5.32 Å². The van der Waals surface area contributed by atoms with E-state index in [-0.39, 0.29) is 11.6 Å². The zero-order valence-corrected chi connectivity index (χ0v) is 15.5. The average Bonchev–Trinajstić information content (AvgIpc) is 3.34. The number of nitrogens with one attached hydrogen (secondary N) is 1. The van der Waals surface area contributed by atoms with E-state index in [9.17, 15) is 14.9 Å². The molecule has 0 unspecified atom stereocenters. The zero-order chi connectivity index (χ0) is 19.7. The van der Waals surface area contributed by atoms with Crippen LogP contribution in [0.4, 0.5) is 10.8 Å². The molecule has 28 heavy (non-hydrogen) atoms. The first-order valence-corrected chi connectivity index (χ1v) is 9.28. The SMILES string of the molecule is CCn1nnc2cc(C(=O)Nc3nc(-c4cccc([N+](=O)[O-])c4)cs3)ccc21. The van der Waals surface area contributed by atoms with Crippen LogP contribution in [0, 0.1) is 10.1 Å². The number of nitro groups is 1. The quantitative estimate of drug-likeness (QED) is 0.407. The van der Waals surface area contributed by atoms with Crippen molar-refractivity contribution in [3.8, 4) is 11.3 Å². The summed E-state index contributed by atoms with van der Waals surface area (Å²) < 4.78 is 1.75. The van der Waals surface area contributed by atoms with Crippen LogP contribution >= 0.6 is 11.3 Å². The summed E-state index contributed by atoms with van der Waals surface area (Å²) in [5.41, 5.74) is 3.12. The standard InChI is InChI=1S/C18H14N6O3S/c1-2-23-16-7-6-12(9-14(16)21-22-23)17(25)20-18-19-15(10-28-18)11-4-3-5-13(8-11)24(26)27/h3-10H,2H2,1H3,(H,19,20,25). The molecule has 0 aliphatic heterocycles. The third kappa shape index (κ3) is 3.32. The molecule has 140 valence electrons. The second-order valence-electron chi connectivity index (χ2n) is 5.91. The number of carbonyl (C=O) groups excluding carboxylic acids is 1. The molecular formula is C18H14N6O3S. The molecule has 0 aliphatic carbocycles. The third-order valence-electron chi connectivity index (χ3n) is 4.15. The van der Waals surface area contributed by atoms with Crippen molar-refractivity contribution in [2.75, 3.05) is 5.32 Å². The zero-order valence-electron chi connectivity index (χ0n) is 14.7. The third-order valence-corrected chi connectivity index (χ3v) is 4.91. The van der Waals surface area contributed by atoms with Crippen molar-refractivity contribution < 1.29 is 9.72 Å². The lowest BCUT2D eigenvalue weighted by Gasteiger charge is -2.02. The van der Waals surface area contributed by atoms with Gasteiger partial charge in [0.15, 0.2) is 5.13 Å². The smallest absolute Gasteiger partial charge is 0.270 e. The normalized spacial score (nSPS) is 10.9. The lowest BCUT2D eigenvalue weighted by atomic mass is 10.1. The van der Waals surface area contributed by atoms with Crippen molar-refractivity contribution >= 4 is 39.1 Å². The van der Waals surface area contributed by atoms with E-state index in [0.717, 1.165) is 5.52 Å². The van der Waals surface area contributed by atoms with Crippen LogP contribution in [0.25, 0.3) is 22.3 Å². The van der Waals surface area contributed by atoms with Crippen molar-refractivity contribution in [2.24, 2.45) is 0 Å². The fourth-order valence-corrected chi connectivity index (χ4v) is 3.47. The van der Waals surface area contributed by atoms with Gasteiger partial charge in [-0.05, 0) is 25.1 Å². The molecule has 0 bridgehead atoms. The molecular weight excluding hydrogens is 380 g/mol. The second kappa shape index (κ2) is 7.16. The lowest BCUT2D eigenvalue weighted by molar-refractivity contribution is -0.384. The minimum atomic E-state index is -0.455. The number of non-ortho nitro benzene ring substituents is 1. The molecule has 0 aliphatic rings. The average molecular weight is 394 g/mol. The maximum absolute atomic E-state index is 12.5. The number of rotatable bonds is 5. The predicted molar refractivity (Wildman–Crippen MR) is 105 cm³/mol. The Morgan fingerprint density at radius 2 is 2.14 bits per heavy atom. The van der Waals surface area contributed by atoms with Gasteiger partial charge in [0, 0.05) is 35.2 Å². The van der Waals surface area contributed by atoms with Gasteiger partial charge in [-0.25, -0.2) is 9.67 Å². The number of carbonyl (C=O) groups is 1.